The molecule has 0 fully saturated rings. The molecule has 1 nitrogen and oxygen atoms in total. The number of ketones is 1. The van der Waals surface area contributed by atoms with Crippen molar-refractivity contribution in [3.05, 3.63) is 46.8 Å². The number of Topliss-reactive ketones (excluding diaryl/α,β-unsaturated/α-hetero) is 1. The van der Waals surface area contributed by atoms with E-state index >= 15 is 0 Å². The Morgan fingerprint density at radius 3 is 2.75 bits per heavy atom. The average Bonchev–Trinajstić information content (AvgIpc) is 2.76. The molecule has 0 spiro atoms. The minimum absolute atomic E-state index is 0.0620. The van der Waals surface area contributed by atoms with Crippen molar-refractivity contribution < 1.29 is 4.79 Å². The number of terminal acetylenes is 1. The SMILES string of the molecule is C#Cc1ccsc1-c1ccccc1C(C)=O. The van der Waals surface area contributed by atoms with Gasteiger partial charge in [0, 0.05) is 16.7 Å². The lowest BCUT2D eigenvalue weighted by Gasteiger charge is -2.05. The summed E-state index contributed by atoms with van der Waals surface area (Å²) < 4.78 is 0. The third-order valence-corrected chi connectivity index (χ3v) is 3.32. The summed E-state index contributed by atoms with van der Waals surface area (Å²) >= 11 is 1.56. The van der Waals surface area contributed by atoms with E-state index < -0.39 is 0 Å². The number of rotatable bonds is 2. The van der Waals surface area contributed by atoms with Gasteiger partial charge >= 0.3 is 0 Å². The van der Waals surface area contributed by atoms with E-state index in [-0.39, 0.29) is 5.78 Å². The molecule has 1 aromatic carbocycles. The predicted molar refractivity (Wildman–Crippen MR) is 67.7 cm³/mol. The molecule has 0 aliphatic carbocycles. The van der Waals surface area contributed by atoms with Gasteiger partial charge in [-0.1, -0.05) is 30.2 Å². The van der Waals surface area contributed by atoms with Crippen molar-refractivity contribution in [2.45, 2.75) is 6.92 Å². The van der Waals surface area contributed by atoms with Gasteiger partial charge in [-0.15, -0.1) is 17.8 Å². The molecule has 2 aromatic rings. The van der Waals surface area contributed by atoms with Gasteiger partial charge in [0.25, 0.3) is 0 Å². The van der Waals surface area contributed by atoms with Crippen LogP contribution in [-0.4, -0.2) is 5.78 Å². The first-order valence-corrected chi connectivity index (χ1v) is 5.76. The molecule has 0 saturated heterocycles. The van der Waals surface area contributed by atoms with Crippen LogP contribution in [0.3, 0.4) is 0 Å². The van der Waals surface area contributed by atoms with Crippen molar-refractivity contribution in [3.8, 4) is 22.8 Å². The summed E-state index contributed by atoms with van der Waals surface area (Å²) in [5.41, 5.74) is 2.50. The van der Waals surface area contributed by atoms with E-state index in [4.69, 9.17) is 6.42 Å². The quantitative estimate of drug-likeness (QED) is 0.565. The molecule has 2 heteroatoms. The molecule has 0 radical (unpaired) electrons. The summed E-state index contributed by atoms with van der Waals surface area (Å²) in [6.45, 7) is 1.57. The Kier molecular flexibility index (Phi) is 2.89. The van der Waals surface area contributed by atoms with Crippen LogP contribution in [0.5, 0.6) is 0 Å². The fourth-order valence-electron chi connectivity index (χ4n) is 1.62. The Labute approximate surface area is 98.7 Å². The monoisotopic (exact) mass is 226 g/mol. The molecule has 0 unspecified atom stereocenters. The maximum Gasteiger partial charge on any atom is 0.160 e. The van der Waals surface area contributed by atoms with Crippen LogP contribution < -0.4 is 0 Å². The Balaban J connectivity index is 2.66. The topological polar surface area (TPSA) is 17.1 Å². The lowest BCUT2D eigenvalue weighted by Crippen LogP contribution is -1.95. The number of thiophene rings is 1. The van der Waals surface area contributed by atoms with Crippen LogP contribution in [0.2, 0.25) is 0 Å². The zero-order valence-electron chi connectivity index (χ0n) is 8.86. The summed E-state index contributed by atoms with van der Waals surface area (Å²) in [5.74, 6) is 2.70. The number of hydrogen-bond acceptors (Lipinski definition) is 2. The molecular formula is C14H10OS. The summed E-state index contributed by atoms with van der Waals surface area (Å²) in [6.07, 6.45) is 5.43. The van der Waals surface area contributed by atoms with Crippen molar-refractivity contribution in [2.24, 2.45) is 0 Å². The number of carbonyl (C=O) groups is 1. The summed E-state index contributed by atoms with van der Waals surface area (Å²) in [6, 6.07) is 9.45. The smallest absolute Gasteiger partial charge is 0.160 e. The van der Waals surface area contributed by atoms with Crippen LogP contribution in [0, 0.1) is 12.3 Å². The van der Waals surface area contributed by atoms with Crippen molar-refractivity contribution in [2.75, 3.05) is 0 Å². The molecule has 1 aromatic heterocycles. The number of benzene rings is 1. The second kappa shape index (κ2) is 4.34. The first-order valence-electron chi connectivity index (χ1n) is 4.88. The Bertz CT molecular complexity index is 572. The zero-order chi connectivity index (χ0) is 11.5. The van der Waals surface area contributed by atoms with Gasteiger partial charge < -0.3 is 0 Å². The summed E-state index contributed by atoms with van der Waals surface area (Å²) in [4.78, 5) is 12.5. The van der Waals surface area contributed by atoms with Crippen LogP contribution in [0.25, 0.3) is 10.4 Å². The van der Waals surface area contributed by atoms with E-state index in [2.05, 4.69) is 5.92 Å². The van der Waals surface area contributed by atoms with Crippen molar-refractivity contribution in [1.82, 2.24) is 0 Å². The molecule has 0 saturated carbocycles. The number of carbonyl (C=O) groups excluding carboxylic acids is 1. The van der Waals surface area contributed by atoms with Gasteiger partial charge in [-0.2, -0.15) is 0 Å². The number of hydrogen-bond donors (Lipinski definition) is 0. The molecule has 0 N–H and O–H groups in total. The second-order valence-electron chi connectivity index (χ2n) is 3.41. The van der Waals surface area contributed by atoms with Crippen LogP contribution in [0.4, 0.5) is 0 Å². The molecule has 0 aliphatic rings. The normalized spacial score (nSPS) is 9.75. The van der Waals surface area contributed by atoms with Gasteiger partial charge in [0.05, 0.1) is 4.88 Å². The maximum absolute atomic E-state index is 11.5. The Morgan fingerprint density at radius 1 is 1.31 bits per heavy atom. The molecule has 0 aliphatic heterocycles. The standard InChI is InChI=1S/C14H10OS/c1-3-11-8-9-16-14(11)13-7-5-4-6-12(13)10(2)15/h1,4-9H,2H3. The van der Waals surface area contributed by atoms with Gasteiger partial charge in [-0.05, 0) is 18.4 Å². The van der Waals surface area contributed by atoms with E-state index in [1.807, 2.05) is 35.7 Å². The van der Waals surface area contributed by atoms with E-state index in [0.29, 0.717) is 0 Å². The predicted octanol–water partition coefficient (Wildman–Crippen LogP) is 3.60. The van der Waals surface area contributed by atoms with Gasteiger partial charge in [0.15, 0.2) is 5.78 Å². The van der Waals surface area contributed by atoms with Crippen molar-refractivity contribution >= 4 is 17.1 Å². The first kappa shape index (κ1) is 10.7. The minimum atomic E-state index is 0.0620. The lowest BCUT2D eigenvalue weighted by atomic mass is 10.0. The second-order valence-corrected chi connectivity index (χ2v) is 4.33. The third-order valence-electron chi connectivity index (χ3n) is 2.37. The van der Waals surface area contributed by atoms with Gasteiger partial charge in [-0.3, -0.25) is 4.79 Å². The van der Waals surface area contributed by atoms with Crippen molar-refractivity contribution in [3.63, 3.8) is 0 Å². The largest absolute Gasteiger partial charge is 0.294 e. The van der Waals surface area contributed by atoms with Crippen LogP contribution in [0.15, 0.2) is 35.7 Å². The van der Waals surface area contributed by atoms with Crippen LogP contribution in [0.1, 0.15) is 22.8 Å². The summed E-state index contributed by atoms with van der Waals surface area (Å²) in [7, 11) is 0. The third kappa shape index (κ3) is 1.78. The highest BCUT2D eigenvalue weighted by atomic mass is 32.1. The van der Waals surface area contributed by atoms with Gasteiger partial charge in [-0.25, -0.2) is 0 Å². The van der Waals surface area contributed by atoms with Crippen LogP contribution in [-0.2, 0) is 0 Å². The highest BCUT2D eigenvalue weighted by Crippen LogP contribution is 2.31. The Morgan fingerprint density at radius 2 is 2.06 bits per heavy atom. The molecule has 0 bridgehead atoms. The summed E-state index contributed by atoms with van der Waals surface area (Å²) in [5, 5.41) is 1.95. The zero-order valence-corrected chi connectivity index (χ0v) is 9.67. The van der Waals surface area contributed by atoms with E-state index in [9.17, 15) is 4.79 Å². The van der Waals surface area contributed by atoms with Gasteiger partial charge in [0.1, 0.15) is 0 Å². The highest BCUT2D eigenvalue weighted by molar-refractivity contribution is 7.13. The molecule has 78 valence electrons. The van der Waals surface area contributed by atoms with Crippen LogP contribution >= 0.6 is 11.3 Å². The molecule has 0 amide bonds. The molecule has 16 heavy (non-hydrogen) atoms. The molecule has 1 heterocycles. The molecule has 0 atom stereocenters. The Hall–Kier alpha value is -1.85. The fourth-order valence-corrected chi connectivity index (χ4v) is 2.52. The van der Waals surface area contributed by atoms with Crippen molar-refractivity contribution in [1.29, 1.82) is 0 Å². The first-order chi connectivity index (χ1) is 7.74. The lowest BCUT2D eigenvalue weighted by molar-refractivity contribution is 0.101. The van der Waals surface area contributed by atoms with E-state index in [1.165, 1.54) is 0 Å². The van der Waals surface area contributed by atoms with E-state index in [1.54, 1.807) is 18.3 Å². The highest BCUT2D eigenvalue weighted by Gasteiger charge is 2.11. The minimum Gasteiger partial charge on any atom is -0.294 e. The van der Waals surface area contributed by atoms with Gasteiger partial charge in [0.2, 0.25) is 0 Å². The molecule has 2 rings (SSSR count). The fraction of sp³-hybridized carbons (Fsp3) is 0.0714. The van der Waals surface area contributed by atoms with E-state index in [0.717, 1.165) is 21.6 Å². The average molecular weight is 226 g/mol. The maximum atomic E-state index is 11.5. The molecular weight excluding hydrogens is 216 g/mol.